The zero-order chi connectivity index (χ0) is 18.2. The van der Waals surface area contributed by atoms with Gasteiger partial charge in [-0.3, -0.25) is 4.79 Å². The number of nitrogens with one attached hydrogen (secondary N) is 1. The standard InChI is InChI=1S/C19H17Cl2NO3/c1-19(10-25-2)17(23)16(18(24)22-19)14-9-12(5-8-15(14)21)11-3-6-13(20)7-4-11/h3-9,23H,10H2,1-2H3,(H,22,24). The molecule has 0 bridgehead atoms. The van der Waals surface area contributed by atoms with E-state index >= 15 is 0 Å². The van der Waals surface area contributed by atoms with E-state index in [2.05, 4.69) is 5.32 Å². The molecule has 0 saturated heterocycles. The lowest BCUT2D eigenvalue weighted by atomic mass is 9.95. The number of rotatable bonds is 4. The number of carbonyl (C=O) groups is 1. The van der Waals surface area contributed by atoms with Gasteiger partial charge in [-0.1, -0.05) is 41.4 Å². The summed E-state index contributed by atoms with van der Waals surface area (Å²) in [6.45, 7) is 1.86. The highest BCUT2D eigenvalue weighted by Crippen LogP contribution is 2.37. The monoisotopic (exact) mass is 377 g/mol. The van der Waals surface area contributed by atoms with Crippen molar-refractivity contribution in [3.63, 3.8) is 0 Å². The van der Waals surface area contributed by atoms with E-state index in [1.807, 2.05) is 18.2 Å². The molecule has 2 aromatic rings. The van der Waals surface area contributed by atoms with Crippen molar-refractivity contribution in [1.29, 1.82) is 0 Å². The molecule has 0 fully saturated rings. The molecule has 4 nitrogen and oxygen atoms in total. The number of methoxy groups -OCH3 is 1. The highest BCUT2D eigenvalue weighted by Gasteiger charge is 2.43. The highest BCUT2D eigenvalue weighted by molar-refractivity contribution is 6.35. The molecule has 2 N–H and O–H groups in total. The minimum absolute atomic E-state index is 0.0745. The summed E-state index contributed by atoms with van der Waals surface area (Å²) in [5.74, 6) is -0.457. The zero-order valence-corrected chi connectivity index (χ0v) is 15.3. The first kappa shape index (κ1) is 17.8. The van der Waals surface area contributed by atoms with Gasteiger partial charge in [0.15, 0.2) is 0 Å². The van der Waals surface area contributed by atoms with Crippen LogP contribution in [0.3, 0.4) is 0 Å². The molecule has 1 heterocycles. The molecule has 0 spiro atoms. The molecule has 0 aromatic heterocycles. The summed E-state index contributed by atoms with van der Waals surface area (Å²) in [6, 6.07) is 12.7. The number of amides is 1. The predicted molar refractivity (Wildman–Crippen MR) is 99.9 cm³/mol. The van der Waals surface area contributed by atoms with Crippen LogP contribution in [0, 0.1) is 0 Å². The van der Waals surface area contributed by atoms with Crippen LogP contribution < -0.4 is 5.32 Å². The van der Waals surface area contributed by atoms with E-state index in [1.165, 1.54) is 7.11 Å². The Balaban J connectivity index is 2.11. The number of hydrogen-bond donors (Lipinski definition) is 2. The maximum atomic E-state index is 12.5. The van der Waals surface area contributed by atoms with Crippen LogP contribution >= 0.6 is 23.2 Å². The fourth-order valence-corrected chi connectivity index (χ4v) is 3.28. The van der Waals surface area contributed by atoms with E-state index < -0.39 is 5.54 Å². The zero-order valence-electron chi connectivity index (χ0n) is 13.8. The summed E-state index contributed by atoms with van der Waals surface area (Å²) >= 11 is 12.2. The molecule has 6 heteroatoms. The fraction of sp³-hybridized carbons (Fsp3) is 0.211. The van der Waals surface area contributed by atoms with Crippen LogP contribution in [0.15, 0.2) is 48.2 Å². The highest BCUT2D eigenvalue weighted by atomic mass is 35.5. The quantitative estimate of drug-likeness (QED) is 0.826. The minimum atomic E-state index is -0.971. The van der Waals surface area contributed by atoms with Gasteiger partial charge in [-0.2, -0.15) is 0 Å². The lowest BCUT2D eigenvalue weighted by molar-refractivity contribution is -0.116. The predicted octanol–water partition coefficient (Wildman–Crippen LogP) is 4.46. The molecule has 1 amide bonds. The molecule has 0 aliphatic carbocycles. The van der Waals surface area contributed by atoms with Crippen LogP contribution in [-0.4, -0.2) is 30.3 Å². The summed E-state index contributed by atoms with van der Waals surface area (Å²) in [6.07, 6.45) is 0. The van der Waals surface area contributed by atoms with Gasteiger partial charge >= 0.3 is 0 Å². The van der Waals surface area contributed by atoms with E-state index in [0.29, 0.717) is 15.6 Å². The number of benzene rings is 2. The minimum Gasteiger partial charge on any atom is -0.509 e. The van der Waals surface area contributed by atoms with E-state index in [9.17, 15) is 9.90 Å². The molecule has 0 radical (unpaired) electrons. The Morgan fingerprint density at radius 2 is 1.76 bits per heavy atom. The number of halogens is 2. The second-order valence-electron chi connectivity index (χ2n) is 6.14. The fourth-order valence-electron chi connectivity index (χ4n) is 2.94. The molecule has 0 saturated carbocycles. The van der Waals surface area contributed by atoms with Crippen molar-refractivity contribution in [2.75, 3.05) is 13.7 Å². The third-order valence-corrected chi connectivity index (χ3v) is 4.80. The van der Waals surface area contributed by atoms with Gasteiger partial charge in [-0.25, -0.2) is 0 Å². The van der Waals surface area contributed by atoms with Gasteiger partial charge in [0.25, 0.3) is 5.91 Å². The number of aliphatic hydroxyl groups excluding tert-OH is 1. The van der Waals surface area contributed by atoms with E-state index in [0.717, 1.165) is 11.1 Å². The number of ether oxygens (including phenoxy) is 1. The van der Waals surface area contributed by atoms with Gasteiger partial charge in [-0.05, 0) is 42.3 Å². The van der Waals surface area contributed by atoms with Crippen LogP contribution in [0.1, 0.15) is 12.5 Å². The third kappa shape index (κ3) is 3.25. The maximum absolute atomic E-state index is 12.5. The first-order valence-corrected chi connectivity index (χ1v) is 8.42. The molecule has 25 heavy (non-hydrogen) atoms. The van der Waals surface area contributed by atoms with Crippen molar-refractivity contribution in [2.45, 2.75) is 12.5 Å². The lowest BCUT2D eigenvalue weighted by Crippen LogP contribution is -2.45. The van der Waals surface area contributed by atoms with Crippen LogP contribution in [0.4, 0.5) is 0 Å². The Hall–Kier alpha value is -2.01. The first-order chi connectivity index (χ1) is 11.9. The molecular formula is C19H17Cl2NO3. The van der Waals surface area contributed by atoms with Crippen LogP contribution in [0.2, 0.25) is 10.0 Å². The van der Waals surface area contributed by atoms with E-state index in [1.54, 1.807) is 31.2 Å². The van der Waals surface area contributed by atoms with Crippen molar-refractivity contribution in [1.82, 2.24) is 5.32 Å². The van der Waals surface area contributed by atoms with Gasteiger partial charge in [0, 0.05) is 22.7 Å². The molecule has 1 aliphatic rings. The maximum Gasteiger partial charge on any atom is 0.256 e. The first-order valence-electron chi connectivity index (χ1n) is 7.67. The Morgan fingerprint density at radius 3 is 2.40 bits per heavy atom. The van der Waals surface area contributed by atoms with E-state index in [4.69, 9.17) is 27.9 Å². The van der Waals surface area contributed by atoms with Crippen molar-refractivity contribution < 1.29 is 14.6 Å². The van der Waals surface area contributed by atoms with E-state index in [-0.39, 0.29) is 23.8 Å². The van der Waals surface area contributed by atoms with Crippen LogP contribution in [0.25, 0.3) is 16.7 Å². The molecule has 1 unspecified atom stereocenters. The van der Waals surface area contributed by atoms with Crippen LogP contribution in [0.5, 0.6) is 0 Å². The SMILES string of the molecule is COCC1(C)NC(=O)C(c2cc(-c3ccc(Cl)cc3)ccc2Cl)=C1O. The molecular weight excluding hydrogens is 361 g/mol. The summed E-state index contributed by atoms with van der Waals surface area (Å²) in [4.78, 5) is 12.5. The van der Waals surface area contributed by atoms with Crippen molar-refractivity contribution >= 4 is 34.7 Å². The van der Waals surface area contributed by atoms with Gasteiger partial charge in [0.1, 0.15) is 11.3 Å². The lowest BCUT2D eigenvalue weighted by Gasteiger charge is -2.23. The Kier molecular flexibility index (Phi) is 4.78. The molecule has 2 aromatic carbocycles. The summed E-state index contributed by atoms with van der Waals surface area (Å²) in [5.41, 5.74) is 1.47. The Labute approximate surface area is 156 Å². The van der Waals surface area contributed by atoms with Crippen molar-refractivity contribution in [2.24, 2.45) is 0 Å². The normalized spacial score (nSPS) is 20.1. The van der Waals surface area contributed by atoms with Crippen molar-refractivity contribution in [3.05, 3.63) is 63.8 Å². The van der Waals surface area contributed by atoms with Crippen molar-refractivity contribution in [3.8, 4) is 11.1 Å². The molecule has 1 aliphatic heterocycles. The third-order valence-electron chi connectivity index (χ3n) is 4.22. The average molecular weight is 378 g/mol. The molecule has 1 atom stereocenters. The smallest absolute Gasteiger partial charge is 0.256 e. The van der Waals surface area contributed by atoms with Gasteiger partial charge < -0.3 is 15.2 Å². The summed E-state index contributed by atoms with van der Waals surface area (Å²) < 4.78 is 5.11. The van der Waals surface area contributed by atoms with Gasteiger partial charge in [0.05, 0.1) is 12.2 Å². The van der Waals surface area contributed by atoms with Gasteiger partial charge in [-0.15, -0.1) is 0 Å². The Bertz CT molecular complexity index is 861. The average Bonchev–Trinajstić information content (AvgIpc) is 2.79. The summed E-state index contributed by atoms with van der Waals surface area (Å²) in [5, 5.41) is 14.4. The van der Waals surface area contributed by atoms with Gasteiger partial charge in [0.2, 0.25) is 0 Å². The number of aliphatic hydroxyl groups is 1. The summed E-state index contributed by atoms with van der Waals surface area (Å²) in [7, 11) is 1.51. The molecule has 3 rings (SSSR count). The largest absolute Gasteiger partial charge is 0.509 e. The van der Waals surface area contributed by atoms with Crippen LogP contribution in [-0.2, 0) is 9.53 Å². The number of carbonyl (C=O) groups excluding carboxylic acids is 1. The topological polar surface area (TPSA) is 58.6 Å². The molecule has 130 valence electrons. The Morgan fingerprint density at radius 1 is 1.12 bits per heavy atom. The number of hydrogen-bond acceptors (Lipinski definition) is 3. The second-order valence-corrected chi connectivity index (χ2v) is 6.99. The second kappa shape index (κ2) is 6.71.